The first kappa shape index (κ1) is 16.3. The van der Waals surface area contributed by atoms with E-state index in [0.29, 0.717) is 31.7 Å². The second-order valence-electron chi connectivity index (χ2n) is 5.67. The van der Waals surface area contributed by atoms with Gasteiger partial charge in [0.25, 0.3) is 0 Å². The molecule has 1 saturated heterocycles. The van der Waals surface area contributed by atoms with Crippen molar-refractivity contribution in [3.8, 4) is 0 Å². The van der Waals surface area contributed by atoms with Crippen LogP contribution in [0.5, 0.6) is 0 Å². The van der Waals surface area contributed by atoms with Crippen LogP contribution in [0, 0.1) is 0 Å². The van der Waals surface area contributed by atoms with Gasteiger partial charge in [-0.3, -0.25) is 9.59 Å². The van der Waals surface area contributed by atoms with Crippen LogP contribution in [-0.4, -0.2) is 47.3 Å². The Bertz CT molecular complexity index is 523. The molecule has 2 rings (SSSR count). The largest absolute Gasteiger partial charge is 0.399 e. The van der Waals surface area contributed by atoms with Crippen molar-refractivity contribution in [1.82, 2.24) is 9.80 Å². The molecule has 120 valence electrons. The molecule has 0 bridgehead atoms. The summed E-state index contributed by atoms with van der Waals surface area (Å²) in [5.74, 6) is 0.0981. The van der Waals surface area contributed by atoms with Gasteiger partial charge in [-0.05, 0) is 44.4 Å². The molecule has 2 amide bonds. The van der Waals surface area contributed by atoms with Crippen LogP contribution < -0.4 is 5.73 Å². The first-order valence-corrected chi connectivity index (χ1v) is 7.99. The summed E-state index contributed by atoms with van der Waals surface area (Å²) in [4.78, 5) is 28.6. The number of nitrogen functional groups attached to an aromatic ring is 1. The van der Waals surface area contributed by atoms with Gasteiger partial charge in [0.1, 0.15) is 6.04 Å². The number of amides is 2. The number of likely N-dealkylation sites (N-methyl/N-ethyl adjacent to an activating group) is 1. The molecule has 0 spiro atoms. The number of rotatable bonds is 5. The van der Waals surface area contributed by atoms with Crippen LogP contribution in [0.3, 0.4) is 0 Å². The molecule has 5 heteroatoms. The monoisotopic (exact) mass is 303 g/mol. The number of hydrogen-bond donors (Lipinski definition) is 1. The van der Waals surface area contributed by atoms with Gasteiger partial charge in [-0.25, -0.2) is 0 Å². The highest BCUT2D eigenvalue weighted by atomic mass is 16.2. The standard InChI is InChI=1S/C17H25N3O2/c1-3-19(4-2)17(22)15-6-5-11-20(15)16(21)12-13-7-9-14(18)10-8-13/h7-10,15H,3-6,11-12,18H2,1-2H3. The van der Waals surface area contributed by atoms with Gasteiger partial charge in [-0.1, -0.05) is 12.1 Å². The van der Waals surface area contributed by atoms with Crippen LogP contribution in [-0.2, 0) is 16.0 Å². The molecule has 1 aromatic rings. The summed E-state index contributed by atoms with van der Waals surface area (Å²) in [5, 5.41) is 0. The van der Waals surface area contributed by atoms with Crippen molar-refractivity contribution >= 4 is 17.5 Å². The minimum atomic E-state index is -0.291. The summed E-state index contributed by atoms with van der Waals surface area (Å²) in [5.41, 5.74) is 7.28. The minimum absolute atomic E-state index is 0.0211. The lowest BCUT2D eigenvalue weighted by atomic mass is 10.1. The lowest BCUT2D eigenvalue weighted by Gasteiger charge is -2.29. The lowest BCUT2D eigenvalue weighted by molar-refractivity contribution is -0.143. The molecule has 1 aromatic carbocycles. The smallest absolute Gasteiger partial charge is 0.245 e. The first-order valence-electron chi connectivity index (χ1n) is 7.99. The zero-order valence-electron chi connectivity index (χ0n) is 13.4. The molecular weight excluding hydrogens is 278 g/mol. The van der Waals surface area contributed by atoms with E-state index in [9.17, 15) is 9.59 Å². The fourth-order valence-corrected chi connectivity index (χ4v) is 2.98. The third-order valence-corrected chi connectivity index (χ3v) is 4.27. The van der Waals surface area contributed by atoms with E-state index < -0.39 is 0 Å². The summed E-state index contributed by atoms with van der Waals surface area (Å²) >= 11 is 0. The van der Waals surface area contributed by atoms with E-state index in [-0.39, 0.29) is 17.9 Å². The molecule has 1 heterocycles. The number of benzene rings is 1. The van der Waals surface area contributed by atoms with Crippen LogP contribution in [0.4, 0.5) is 5.69 Å². The molecule has 2 N–H and O–H groups in total. The van der Waals surface area contributed by atoms with Crippen LogP contribution in [0.25, 0.3) is 0 Å². The van der Waals surface area contributed by atoms with E-state index in [1.807, 2.05) is 26.0 Å². The van der Waals surface area contributed by atoms with Gasteiger partial charge in [0, 0.05) is 25.3 Å². The molecule has 1 aliphatic heterocycles. The van der Waals surface area contributed by atoms with Crippen molar-refractivity contribution in [2.24, 2.45) is 0 Å². The predicted molar refractivity (Wildman–Crippen MR) is 87.2 cm³/mol. The Morgan fingerprint density at radius 1 is 1.23 bits per heavy atom. The van der Waals surface area contributed by atoms with Crippen molar-refractivity contribution in [1.29, 1.82) is 0 Å². The third kappa shape index (κ3) is 3.59. The quantitative estimate of drug-likeness (QED) is 0.841. The molecule has 22 heavy (non-hydrogen) atoms. The highest BCUT2D eigenvalue weighted by Crippen LogP contribution is 2.21. The minimum Gasteiger partial charge on any atom is -0.399 e. The van der Waals surface area contributed by atoms with Crippen molar-refractivity contribution in [2.75, 3.05) is 25.4 Å². The Labute approximate surface area is 132 Å². The molecule has 1 unspecified atom stereocenters. The predicted octanol–water partition coefficient (Wildman–Crippen LogP) is 1.67. The average molecular weight is 303 g/mol. The summed E-state index contributed by atoms with van der Waals surface area (Å²) in [7, 11) is 0. The first-order chi connectivity index (χ1) is 10.6. The SMILES string of the molecule is CCN(CC)C(=O)C1CCCN1C(=O)Cc1ccc(N)cc1. The number of carbonyl (C=O) groups excluding carboxylic acids is 2. The Kier molecular flexibility index (Phi) is 5.41. The normalized spacial score (nSPS) is 17.5. The number of anilines is 1. The van der Waals surface area contributed by atoms with E-state index in [0.717, 1.165) is 18.4 Å². The van der Waals surface area contributed by atoms with E-state index in [4.69, 9.17) is 5.73 Å². The highest BCUT2D eigenvalue weighted by molar-refractivity contribution is 5.89. The van der Waals surface area contributed by atoms with Gasteiger partial charge in [0.05, 0.1) is 6.42 Å². The number of nitrogens with two attached hydrogens (primary N) is 1. The van der Waals surface area contributed by atoms with Crippen LogP contribution >= 0.6 is 0 Å². The molecular formula is C17H25N3O2. The van der Waals surface area contributed by atoms with Crippen LogP contribution in [0.2, 0.25) is 0 Å². The number of carbonyl (C=O) groups is 2. The van der Waals surface area contributed by atoms with Crippen molar-refractivity contribution in [3.63, 3.8) is 0 Å². The molecule has 0 aromatic heterocycles. The maximum atomic E-state index is 12.5. The summed E-state index contributed by atoms with van der Waals surface area (Å²) in [6, 6.07) is 7.03. The molecule has 0 aliphatic carbocycles. The zero-order chi connectivity index (χ0) is 16.1. The van der Waals surface area contributed by atoms with Gasteiger partial charge >= 0.3 is 0 Å². The third-order valence-electron chi connectivity index (χ3n) is 4.27. The van der Waals surface area contributed by atoms with Gasteiger partial charge in [-0.2, -0.15) is 0 Å². The van der Waals surface area contributed by atoms with Crippen molar-refractivity contribution < 1.29 is 9.59 Å². The molecule has 1 aliphatic rings. The second-order valence-corrected chi connectivity index (χ2v) is 5.67. The van der Waals surface area contributed by atoms with Crippen LogP contribution in [0.1, 0.15) is 32.3 Å². The molecule has 1 atom stereocenters. The molecule has 5 nitrogen and oxygen atoms in total. The fraction of sp³-hybridized carbons (Fsp3) is 0.529. The number of hydrogen-bond acceptors (Lipinski definition) is 3. The molecule has 1 fully saturated rings. The van der Waals surface area contributed by atoms with E-state index in [2.05, 4.69) is 0 Å². The van der Waals surface area contributed by atoms with Gasteiger partial charge in [0.15, 0.2) is 0 Å². The maximum Gasteiger partial charge on any atom is 0.245 e. The Balaban J connectivity index is 2.04. The fourth-order valence-electron chi connectivity index (χ4n) is 2.98. The van der Waals surface area contributed by atoms with Crippen molar-refractivity contribution in [3.05, 3.63) is 29.8 Å². The zero-order valence-corrected chi connectivity index (χ0v) is 13.4. The van der Waals surface area contributed by atoms with E-state index in [1.54, 1.807) is 21.9 Å². The number of nitrogens with zero attached hydrogens (tertiary/aromatic N) is 2. The van der Waals surface area contributed by atoms with E-state index in [1.165, 1.54) is 0 Å². The molecule has 0 saturated carbocycles. The Morgan fingerprint density at radius 2 is 1.86 bits per heavy atom. The highest BCUT2D eigenvalue weighted by Gasteiger charge is 2.35. The Morgan fingerprint density at radius 3 is 2.45 bits per heavy atom. The lowest BCUT2D eigenvalue weighted by Crippen LogP contribution is -2.48. The maximum absolute atomic E-state index is 12.5. The average Bonchev–Trinajstić information content (AvgIpc) is 3.00. The van der Waals surface area contributed by atoms with Gasteiger partial charge in [0.2, 0.25) is 11.8 Å². The Hall–Kier alpha value is -2.04. The summed E-state index contributed by atoms with van der Waals surface area (Å²) in [6.45, 7) is 5.98. The summed E-state index contributed by atoms with van der Waals surface area (Å²) < 4.78 is 0. The molecule has 0 radical (unpaired) electrons. The summed E-state index contributed by atoms with van der Waals surface area (Å²) in [6.07, 6.45) is 1.98. The van der Waals surface area contributed by atoms with Gasteiger partial charge < -0.3 is 15.5 Å². The van der Waals surface area contributed by atoms with Crippen molar-refractivity contribution in [2.45, 2.75) is 39.2 Å². The van der Waals surface area contributed by atoms with Gasteiger partial charge in [-0.15, -0.1) is 0 Å². The topological polar surface area (TPSA) is 66.6 Å². The number of likely N-dealkylation sites (tertiary alicyclic amines) is 1. The second kappa shape index (κ2) is 7.29. The van der Waals surface area contributed by atoms with Crippen LogP contribution in [0.15, 0.2) is 24.3 Å². The van der Waals surface area contributed by atoms with E-state index >= 15 is 0 Å².